The third-order valence-electron chi connectivity index (χ3n) is 13.4. The van der Waals surface area contributed by atoms with E-state index < -0.39 is 11.5 Å². The van der Waals surface area contributed by atoms with Gasteiger partial charge in [0.25, 0.3) is 0 Å². The number of allylic oxidation sites excluding steroid dienone is 2. The van der Waals surface area contributed by atoms with E-state index in [1.807, 2.05) is 0 Å². The number of carbonyl (C=O) groups excluding carboxylic acids is 1. The predicted octanol–water partition coefficient (Wildman–Crippen LogP) is 5.66. The van der Waals surface area contributed by atoms with Gasteiger partial charge in [0.2, 0.25) is 0 Å². The van der Waals surface area contributed by atoms with Gasteiger partial charge in [0.15, 0.2) is 0 Å². The Morgan fingerprint density at radius 3 is 2.29 bits per heavy atom. The van der Waals surface area contributed by atoms with Crippen LogP contribution < -0.4 is 0 Å². The molecule has 1 aliphatic heterocycles. The minimum absolute atomic E-state index is 0.0641. The van der Waals surface area contributed by atoms with Gasteiger partial charge in [-0.25, -0.2) is 0 Å². The molecule has 4 nitrogen and oxygen atoms in total. The van der Waals surface area contributed by atoms with Gasteiger partial charge in [0.05, 0.1) is 12.2 Å². The molecule has 2 N–H and O–H groups in total. The molecule has 34 heavy (non-hydrogen) atoms. The average Bonchev–Trinajstić information content (AvgIpc) is 3.05. The van der Waals surface area contributed by atoms with Gasteiger partial charge >= 0.3 is 5.97 Å². The Kier molecular flexibility index (Phi) is 4.51. The fourth-order valence-corrected chi connectivity index (χ4v) is 11.1. The first-order chi connectivity index (χ1) is 15.6. The summed E-state index contributed by atoms with van der Waals surface area (Å²) in [7, 11) is 0. The number of ether oxygens (including phenoxy) is 1. The fraction of sp³-hybridized carbons (Fsp3) is 0.900. The van der Waals surface area contributed by atoms with Crippen LogP contribution in [-0.4, -0.2) is 34.5 Å². The summed E-state index contributed by atoms with van der Waals surface area (Å²) >= 11 is 0. The van der Waals surface area contributed by atoms with Crippen LogP contribution in [0.2, 0.25) is 0 Å². The Morgan fingerprint density at radius 1 is 0.882 bits per heavy atom. The van der Waals surface area contributed by atoms with Gasteiger partial charge < -0.3 is 14.9 Å². The van der Waals surface area contributed by atoms with Gasteiger partial charge in [-0.1, -0.05) is 60.1 Å². The molecule has 2 bridgehead atoms. The SMILES string of the molecule is CC1(C)CC2C3=CCC4[C@@]5(C)CC[C@H](O)C(C)(C)C5CC[C@@]4(C)[C@]3(C)C[C@@H](O)[C@@]23C[C@@H]1OC3=O. The molecular formula is C30H46O4. The molecule has 1 saturated heterocycles. The van der Waals surface area contributed by atoms with Gasteiger partial charge in [-0.2, -0.15) is 0 Å². The number of fused-ring (bicyclic) bond motifs is 7. The number of hydrogen-bond donors (Lipinski definition) is 2. The van der Waals surface area contributed by atoms with Crippen LogP contribution in [0.1, 0.15) is 99.8 Å². The molecule has 4 heteroatoms. The Hall–Kier alpha value is -0.870. The van der Waals surface area contributed by atoms with E-state index in [2.05, 4.69) is 54.5 Å². The van der Waals surface area contributed by atoms with Crippen LogP contribution in [-0.2, 0) is 9.53 Å². The van der Waals surface area contributed by atoms with Crippen molar-refractivity contribution in [2.75, 3.05) is 0 Å². The maximum atomic E-state index is 13.4. The summed E-state index contributed by atoms with van der Waals surface area (Å²) < 4.78 is 5.95. The summed E-state index contributed by atoms with van der Waals surface area (Å²) in [5, 5.41) is 22.7. The van der Waals surface area contributed by atoms with Crippen molar-refractivity contribution < 1.29 is 19.7 Å². The van der Waals surface area contributed by atoms with Gasteiger partial charge in [0, 0.05) is 11.8 Å². The summed E-state index contributed by atoms with van der Waals surface area (Å²) in [6, 6.07) is 0. The summed E-state index contributed by atoms with van der Waals surface area (Å²) in [6.45, 7) is 16.5. The maximum Gasteiger partial charge on any atom is 0.315 e. The molecule has 0 radical (unpaired) electrons. The molecular weight excluding hydrogens is 424 g/mol. The Morgan fingerprint density at radius 2 is 1.59 bits per heavy atom. The normalized spacial score (nSPS) is 56.9. The zero-order valence-electron chi connectivity index (χ0n) is 22.4. The highest BCUT2D eigenvalue weighted by molar-refractivity contribution is 5.82. The monoisotopic (exact) mass is 470 g/mol. The first-order valence-electron chi connectivity index (χ1n) is 13.9. The van der Waals surface area contributed by atoms with Crippen molar-refractivity contribution in [3.8, 4) is 0 Å². The highest BCUT2D eigenvalue weighted by Gasteiger charge is 2.74. The van der Waals surface area contributed by atoms with E-state index in [1.54, 1.807) is 0 Å². The number of esters is 1. The van der Waals surface area contributed by atoms with E-state index in [-0.39, 0.29) is 51.2 Å². The summed E-state index contributed by atoms with van der Waals surface area (Å²) in [5.41, 5.74) is 0.726. The van der Waals surface area contributed by atoms with E-state index in [0.717, 1.165) is 38.5 Å². The zero-order valence-corrected chi connectivity index (χ0v) is 22.4. The molecule has 0 amide bonds. The van der Waals surface area contributed by atoms with Crippen LogP contribution in [0.5, 0.6) is 0 Å². The number of rotatable bonds is 0. The second-order valence-electron chi connectivity index (χ2n) is 15.3. The topological polar surface area (TPSA) is 66.8 Å². The van der Waals surface area contributed by atoms with Crippen molar-refractivity contribution in [2.45, 2.75) is 118 Å². The standard InChI is InChI=1S/C30H46O4/c1-25(2)14-18-17-8-9-20-27(5)12-11-21(31)26(3,4)19(27)10-13-28(20,6)29(17,7)15-22(32)30(18)16-23(25)34-24(30)33/h8,18-23,31-32H,9-16H2,1-7H3/t18?,19?,20?,21-,22+,23-,27-,28+,29+,30+/m0/s1. The zero-order chi connectivity index (χ0) is 24.7. The molecule has 1 heterocycles. The van der Waals surface area contributed by atoms with E-state index in [0.29, 0.717) is 24.7 Å². The van der Waals surface area contributed by atoms with Gasteiger partial charge in [-0.05, 0) is 84.4 Å². The molecule has 0 aromatic carbocycles. The van der Waals surface area contributed by atoms with Crippen molar-refractivity contribution in [3.63, 3.8) is 0 Å². The maximum absolute atomic E-state index is 13.4. The summed E-state index contributed by atoms with van der Waals surface area (Å²) in [4.78, 5) is 13.4. The van der Waals surface area contributed by atoms with Crippen LogP contribution in [0.3, 0.4) is 0 Å². The lowest BCUT2D eigenvalue weighted by molar-refractivity contribution is -0.212. The molecule has 0 aromatic heterocycles. The van der Waals surface area contributed by atoms with Crippen LogP contribution in [0.15, 0.2) is 11.6 Å². The molecule has 6 rings (SSSR count). The van der Waals surface area contributed by atoms with E-state index >= 15 is 0 Å². The second kappa shape index (κ2) is 6.52. The molecule has 0 aromatic rings. The average molecular weight is 471 g/mol. The Labute approximate surface area is 205 Å². The van der Waals surface area contributed by atoms with Crippen molar-refractivity contribution in [2.24, 2.45) is 50.2 Å². The first-order valence-corrected chi connectivity index (χ1v) is 13.9. The first kappa shape index (κ1) is 23.5. The molecule has 3 unspecified atom stereocenters. The largest absolute Gasteiger partial charge is 0.461 e. The van der Waals surface area contributed by atoms with Crippen molar-refractivity contribution in [3.05, 3.63) is 11.6 Å². The molecule has 190 valence electrons. The number of carbonyl (C=O) groups is 1. The molecule has 10 atom stereocenters. The molecule has 1 spiro atoms. The molecule has 5 aliphatic carbocycles. The van der Waals surface area contributed by atoms with Crippen molar-refractivity contribution in [1.82, 2.24) is 0 Å². The Balaban J connectivity index is 1.47. The minimum atomic E-state index is -0.743. The lowest BCUT2D eigenvalue weighted by Crippen LogP contribution is -2.67. The smallest absolute Gasteiger partial charge is 0.315 e. The minimum Gasteiger partial charge on any atom is -0.461 e. The van der Waals surface area contributed by atoms with E-state index in [1.165, 1.54) is 5.57 Å². The van der Waals surface area contributed by atoms with Gasteiger partial charge in [0.1, 0.15) is 11.5 Å². The van der Waals surface area contributed by atoms with E-state index in [4.69, 9.17) is 4.74 Å². The third kappa shape index (κ3) is 2.42. The fourth-order valence-electron chi connectivity index (χ4n) is 11.1. The van der Waals surface area contributed by atoms with Gasteiger partial charge in [-0.15, -0.1) is 0 Å². The lowest BCUT2D eigenvalue weighted by atomic mass is 9.33. The van der Waals surface area contributed by atoms with Crippen molar-refractivity contribution in [1.29, 1.82) is 0 Å². The Bertz CT molecular complexity index is 965. The molecule has 6 aliphatic rings. The number of aliphatic hydroxyl groups is 2. The van der Waals surface area contributed by atoms with E-state index in [9.17, 15) is 15.0 Å². The van der Waals surface area contributed by atoms with Crippen LogP contribution in [0, 0.1) is 50.2 Å². The van der Waals surface area contributed by atoms with Crippen LogP contribution in [0.4, 0.5) is 0 Å². The quantitative estimate of drug-likeness (QED) is 0.354. The van der Waals surface area contributed by atoms with Crippen LogP contribution in [0.25, 0.3) is 0 Å². The lowest BCUT2D eigenvalue weighted by Gasteiger charge is -2.71. The van der Waals surface area contributed by atoms with Gasteiger partial charge in [-0.3, -0.25) is 4.79 Å². The number of aliphatic hydroxyl groups excluding tert-OH is 2. The van der Waals surface area contributed by atoms with Crippen molar-refractivity contribution >= 4 is 5.97 Å². The predicted molar refractivity (Wildman–Crippen MR) is 132 cm³/mol. The van der Waals surface area contributed by atoms with Crippen LogP contribution >= 0.6 is 0 Å². The summed E-state index contributed by atoms with van der Waals surface area (Å²) in [5.74, 6) is 0.977. The highest BCUT2D eigenvalue weighted by Crippen LogP contribution is 2.76. The molecule has 4 saturated carbocycles. The summed E-state index contributed by atoms with van der Waals surface area (Å²) in [6.07, 6.45) is 9.13. The highest BCUT2D eigenvalue weighted by atomic mass is 16.6. The number of hydrogen-bond acceptors (Lipinski definition) is 4. The third-order valence-corrected chi connectivity index (χ3v) is 13.4. The molecule has 5 fully saturated rings. The second-order valence-corrected chi connectivity index (χ2v) is 15.3.